The number of hydrogen-bond donors (Lipinski definition) is 0. The molecule has 3 rings (SSSR count). The van der Waals surface area contributed by atoms with Crippen molar-refractivity contribution in [3.63, 3.8) is 0 Å². The first-order valence-corrected chi connectivity index (χ1v) is 4.69. The Morgan fingerprint density at radius 2 is 1.91 bits per heavy atom. The molecule has 0 N–H and O–H groups in total. The zero-order chi connectivity index (χ0) is 8.22. The Labute approximate surface area is 69.7 Å². The molecule has 0 aliphatic heterocycles. The number of rotatable bonds is 0. The van der Waals surface area contributed by atoms with E-state index in [9.17, 15) is 0 Å². The summed E-state index contributed by atoms with van der Waals surface area (Å²) in [6.07, 6.45) is 2.84. The molecular formula is C11H18. The van der Waals surface area contributed by atoms with E-state index in [1.165, 1.54) is 12.8 Å². The van der Waals surface area contributed by atoms with Crippen molar-refractivity contribution in [2.75, 3.05) is 0 Å². The first kappa shape index (κ1) is 7.39. The van der Waals surface area contributed by atoms with Crippen LogP contribution in [-0.4, -0.2) is 0 Å². The van der Waals surface area contributed by atoms with Gasteiger partial charge in [-0.2, -0.15) is 0 Å². The summed E-state index contributed by atoms with van der Waals surface area (Å²) in [6, 6.07) is 0. The maximum atomic E-state index is 2.43. The fourth-order valence-electron chi connectivity index (χ4n) is 2.93. The summed E-state index contributed by atoms with van der Waals surface area (Å²) in [5, 5.41) is 0. The lowest BCUT2D eigenvalue weighted by Crippen LogP contribution is -2.48. The van der Waals surface area contributed by atoms with Crippen molar-refractivity contribution in [3.8, 4) is 0 Å². The molecule has 3 aliphatic carbocycles. The molecule has 62 valence electrons. The quantitative estimate of drug-likeness (QED) is 0.464. The predicted molar refractivity (Wildman–Crippen MR) is 48.4 cm³/mol. The Morgan fingerprint density at radius 1 is 1.27 bits per heavy atom. The second-order valence-corrected chi connectivity index (χ2v) is 4.97. The van der Waals surface area contributed by atoms with Crippen LogP contribution < -0.4 is 0 Å². The van der Waals surface area contributed by atoms with Gasteiger partial charge in [0.05, 0.1) is 0 Å². The summed E-state index contributed by atoms with van der Waals surface area (Å²) >= 11 is 0. The summed E-state index contributed by atoms with van der Waals surface area (Å²) in [5.74, 6) is 1.91. The normalized spacial score (nSPS) is 40.4. The van der Waals surface area contributed by atoms with Gasteiger partial charge in [-0.15, -0.1) is 0 Å². The van der Waals surface area contributed by atoms with Gasteiger partial charge in [0.15, 0.2) is 0 Å². The summed E-state index contributed by atoms with van der Waals surface area (Å²) in [5.41, 5.74) is 3.99. The molecule has 11 heavy (non-hydrogen) atoms. The van der Waals surface area contributed by atoms with Gasteiger partial charge >= 0.3 is 0 Å². The molecular weight excluding hydrogens is 132 g/mol. The first-order valence-electron chi connectivity index (χ1n) is 4.69. The van der Waals surface area contributed by atoms with Crippen LogP contribution in [0.25, 0.3) is 0 Å². The van der Waals surface area contributed by atoms with Crippen molar-refractivity contribution in [3.05, 3.63) is 11.1 Å². The molecule has 0 amide bonds. The van der Waals surface area contributed by atoms with E-state index in [0.29, 0.717) is 5.41 Å². The molecule has 2 bridgehead atoms. The third-order valence-electron chi connectivity index (χ3n) is 4.22. The highest BCUT2D eigenvalue weighted by molar-refractivity contribution is 5.27. The molecule has 2 unspecified atom stereocenters. The number of fused-ring (bicyclic) bond motifs is 1. The van der Waals surface area contributed by atoms with Crippen LogP contribution in [0.1, 0.15) is 40.5 Å². The molecule has 1 fully saturated rings. The van der Waals surface area contributed by atoms with E-state index in [2.05, 4.69) is 27.7 Å². The van der Waals surface area contributed by atoms with Crippen LogP contribution in [-0.2, 0) is 0 Å². The summed E-state index contributed by atoms with van der Waals surface area (Å²) in [6.45, 7) is 9.50. The SMILES string of the molecule is CC1=C(C)C2CC(C1)C2(C)C. The molecule has 0 radical (unpaired) electrons. The predicted octanol–water partition coefficient (Wildman–Crippen LogP) is 3.39. The average Bonchev–Trinajstić information content (AvgIpc) is 1.93. The van der Waals surface area contributed by atoms with E-state index < -0.39 is 0 Å². The van der Waals surface area contributed by atoms with Gasteiger partial charge in [-0.3, -0.25) is 0 Å². The molecule has 1 saturated carbocycles. The third kappa shape index (κ3) is 0.758. The van der Waals surface area contributed by atoms with E-state index in [1.807, 2.05) is 0 Å². The summed E-state index contributed by atoms with van der Waals surface area (Å²) in [4.78, 5) is 0. The molecule has 0 heterocycles. The van der Waals surface area contributed by atoms with E-state index in [4.69, 9.17) is 0 Å². The lowest BCUT2D eigenvalue weighted by molar-refractivity contribution is -0.00990. The van der Waals surface area contributed by atoms with E-state index in [1.54, 1.807) is 11.1 Å². The Bertz CT molecular complexity index is 220. The Kier molecular flexibility index (Phi) is 1.28. The van der Waals surface area contributed by atoms with Gasteiger partial charge in [0.1, 0.15) is 0 Å². The van der Waals surface area contributed by atoms with E-state index >= 15 is 0 Å². The van der Waals surface area contributed by atoms with Crippen LogP contribution in [0.2, 0.25) is 0 Å². The second-order valence-electron chi connectivity index (χ2n) is 4.97. The van der Waals surface area contributed by atoms with Crippen molar-refractivity contribution < 1.29 is 0 Å². The fraction of sp³-hybridized carbons (Fsp3) is 0.818. The largest absolute Gasteiger partial charge is 0.0738 e. The number of hydrogen-bond acceptors (Lipinski definition) is 0. The zero-order valence-electron chi connectivity index (χ0n) is 8.07. The molecule has 0 aromatic carbocycles. The smallest absolute Gasteiger partial charge is 0.0146 e. The maximum absolute atomic E-state index is 2.43. The van der Waals surface area contributed by atoms with Crippen LogP contribution in [0.4, 0.5) is 0 Å². The van der Waals surface area contributed by atoms with Gasteiger partial charge in [0.25, 0.3) is 0 Å². The Balaban J connectivity index is 2.34. The van der Waals surface area contributed by atoms with E-state index in [0.717, 1.165) is 11.8 Å². The molecule has 0 nitrogen and oxygen atoms in total. The standard InChI is InChI=1S/C11H18/c1-7-5-9-6-10(8(7)2)11(9,3)4/h9-10H,5-6H2,1-4H3. The highest BCUT2D eigenvalue weighted by Crippen LogP contribution is 2.60. The third-order valence-corrected chi connectivity index (χ3v) is 4.22. The van der Waals surface area contributed by atoms with Gasteiger partial charge in [-0.05, 0) is 43.9 Å². The van der Waals surface area contributed by atoms with Crippen molar-refractivity contribution in [2.24, 2.45) is 17.3 Å². The maximum Gasteiger partial charge on any atom is -0.0146 e. The molecule has 0 heteroatoms. The molecule has 3 aliphatic rings. The Hall–Kier alpha value is -0.260. The van der Waals surface area contributed by atoms with Crippen molar-refractivity contribution in [1.29, 1.82) is 0 Å². The minimum Gasteiger partial charge on any atom is -0.0738 e. The first-order chi connectivity index (χ1) is 5.03. The van der Waals surface area contributed by atoms with Crippen LogP contribution in [0.3, 0.4) is 0 Å². The molecule has 2 atom stereocenters. The van der Waals surface area contributed by atoms with Gasteiger partial charge < -0.3 is 0 Å². The monoisotopic (exact) mass is 150 g/mol. The Morgan fingerprint density at radius 3 is 2.27 bits per heavy atom. The minimum absolute atomic E-state index is 0.629. The lowest BCUT2D eigenvalue weighted by atomic mass is 9.48. The molecule has 0 saturated heterocycles. The number of allylic oxidation sites excluding steroid dienone is 2. The molecule has 0 aromatic heterocycles. The van der Waals surface area contributed by atoms with Crippen molar-refractivity contribution >= 4 is 0 Å². The van der Waals surface area contributed by atoms with Gasteiger partial charge in [0.2, 0.25) is 0 Å². The topological polar surface area (TPSA) is 0 Å². The molecule has 0 spiro atoms. The minimum atomic E-state index is 0.629. The molecule has 0 aromatic rings. The van der Waals surface area contributed by atoms with Crippen LogP contribution in [0.5, 0.6) is 0 Å². The fourth-order valence-corrected chi connectivity index (χ4v) is 2.93. The summed E-state index contributed by atoms with van der Waals surface area (Å²) in [7, 11) is 0. The van der Waals surface area contributed by atoms with Gasteiger partial charge in [-0.25, -0.2) is 0 Å². The van der Waals surface area contributed by atoms with Gasteiger partial charge in [-0.1, -0.05) is 25.0 Å². The highest BCUT2D eigenvalue weighted by Gasteiger charge is 2.51. The highest BCUT2D eigenvalue weighted by atomic mass is 14.6. The average molecular weight is 150 g/mol. The second kappa shape index (κ2) is 1.91. The van der Waals surface area contributed by atoms with Crippen molar-refractivity contribution in [2.45, 2.75) is 40.5 Å². The van der Waals surface area contributed by atoms with E-state index in [-0.39, 0.29) is 0 Å². The zero-order valence-corrected chi connectivity index (χ0v) is 8.07. The van der Waals surface area contributed by atoms with Crippen LogP contribution >= 0.6 is 0 Å². The lowest BCUT2D eigenvalue weighted by Gasteiger charge is -2.57. The van der Waals surface area contributed by atoms with Gasteiger partial charge in [0, 0.05) is 0 Å². The van der Waals surface area contributed by atoms with Crippen molar-refractivity contribution in [1.82, 2.24) is 0 Å². The summed E-state index contributed by atoms with van der Waals surface area (Å²) < 4.78 is 0. The van der Waals surface area contributed by atoms with Crippen LogP contribution in [0, 0.1) is 17.3 Å². The van der Waals surface area contributed by atoms with Crippen LogP contribution in [0.15, 0.2) is 11.1 Å².